The summed E-state index contributed by atoms with van der Waals surface area (Å²) in [5.74, 6) is -1.56. The van der Waals surface area contributed by atoms with Crippen LogP contribution in [0, 0.1) is 0 Å². The zero-order valence-electron chi connectivity index (χ0n) is 20.5. The van der Waals surface area contributed by atoms with E-state index in [0.717, 1.165) is 0 Å². The SMILES string of the molecule is CCC(C(=O)NC(C)(C)C)N(Cc1c(Cl)cccc1Cl)C(=O)CCN1C(=O)c2ccccc2S1(=O)=O. The average Bonchev–Trinajstić information content (AvgIpc) is 2.98. The van der Waals surface area contributed by atoms with Gasteiger partial charge in [-0.15, -0.1) is 0 Å². The molecular formula is C25H29Cl2N3O5S. The Kier molecular flexibility index (Phi) is 8.37. The molecule has 194 valence electrons. The molecule has 3 amide bonds. The van der Waals surface area contributed by atoms with E-state index in [9.17, 15) is 22.8 Å². The molecule has 1 N–H and O–H groups in total. The van der Waals surface area contributed by atoms with E-state index in [2.05, 4.69) is 5.32 Å². The molecule has 0 bridgehead atoms. The number of fused-ring (bicyclic) bond motifs is 1. The summed E-state index contributed by atoms with van der Waals surface area (Å²) in [5.41, 5.74) is -0.00239. The predicted octanol–water partition coefficient (Wildman–Crippen LogP) is 4.25. The molecule has 36 heavy (non-hydrogen) atoms. The Morgan fingerprint density at radius 2 is 1.67 bits per heavy atom. The van der Waals surface area contributed by atoms with Gasteiger partial charge in [0, 0.05) is 40.7 Å². The maximum Gasteiger partial charge on any atom is 0.269 e. The first kappa shape index (κ1) is 28.0. The van der Waals surface area contributed by atoms with Gasteiger partial charge < -0.3 is 10.2 Å². The molecule has 0 spiro atoms. The number of hydrogen-bond acceptors (Lipinski definition) is 5. The van der Waals surface area contributed by atoms with Crippen molar-refractivity contribution in [1.29, 1.82) is 0 Å². The Bertz CT molecular complexity index is 1270. The van der Waals surface area contributed by atoms with Crippen molar-refractivity contribution in [2.45, 2.75) is 63.6 Å². The van der Waals surface area contributed by atoms with E-state index in [0.29, 0.717) is 26.3 Å². The molecular weight excluding hydrogens is 525 g/mol. The Hall–Kier alpha value is -2.62. The van der Waals surface area contributed by atoms with Crippen LogP contribution in [0.5, 0.6) is 0 Å². The minimum atomic E-state index is -4.06. The normalized spacial score (nSPS) is 15.4. The zero-order valence-corrected chi connectivity index (χ0v) is 22.9. The second kappa shape index (κ2) is 10.8. The Morgan fingerprint density at radius 1 is 1.06 bits per heavy atom. The molecule has 8 nitrogen and oxygen atoms in total. The van der Waals surface area contributed by atoms with E-state index in [-0.39, 0.29) is 35.9 Å². The highest BCUT2D eigenvalue weighted by Crippen LogP contribution is 2.31. The lowest BCUT2D eigenvalue weighted by molar-refractivity contribution is -0.142. The van der Waals surface area contributed by atoms with Gasteiger partial charge in [-0.05, 0) is 51.5 Å². The summed E-state index contributed by atoms with van der Waals surface area (Å²) >= 11 is 12.7. The van der Waals surface area contributed by atoms with Crippen LogP contribution in [0.15, 0.2) is 47.4 Å². The smallest absolute Gasteiger partial charge is 0.269 e. The van der Waals surface area contributed by atoms with E-state index in [4.69, 9.17) is 23.2 Å². The number of nitrogens with zero attached hydrogens (tertiary/aromatic N) is 2. The van der Waals surface area contributed by atoms with Crippen molar-refractivity contribution < 1.29 is 22.8 Å². The number of carbonyl (C=O) groups excluding carboxylic acids is 3. The highest BCUT2D eigenvalue weighted by Gasteiger charge is 2.41. The molecule has 0 fully saturated rings. The second-order valence-corrected chi connectivity index (χ2v) is 12.2. The number of benzene rings is 2. The third-order valence-corrected chi connectivity index (χ3v) is 8.26. The monoisotopic (exact) mass is 553 g/mol. The Labute approximate surface area is 221 Å². The summed E-state index contributed by atoms with van der Waals surface area (Å²) in [5, 5.41) is 3.56. The van der Waals surface area contributed by atoms with Crippen LogP contribution in [0.3, 0.4) is 0 Å². The quantitative estimate of drug-likeness (QED) is 0.526. The number of sulfonamides is 1. The van der Waals surface area contributed by atoms with Crippen molar-refractivity contribution in [3.63, 3.8) is 0 Å². The molecule has 1 unspecified atom stereocenters. The number of rotatable bonds is 8. The molecule has 0 saturated carbocycles. The van der Waals surface area contributed by atoms with Crippen LogP contribution in [0.2, 0.25) is 10.0 Å². The first-order valence-electron chi connectivity index (χ1n) is 11.5. The lowest BCUT2D eigenvalue weighted by Gasteiger charge is -2.33. The Balaban J connectivity index is 1.89. The average molecular weight is 554 g/mol. The van der Waals surface area contributed by atoms with Gasteiger partial charge in [-0.1, -0.05) is 48.3 Å². The summed E-state index contributed by atoms with van der Waals surface area (Å²) in [6.07, 6.45) is -0.0254. The summed E-state index contributed by atoms with van der Waals surface area (Å²) in [6, 6.07) is 9.98. The van der Waals surface area contributed by atoms with Crippen molar-refractivity contribution in [1.82, 2.24) is 14.5 Å². The molecule has 0 saturated heterocycles. The second-order valence-electron chi connectivity index (χ2n) is 9.51. The van der Waals surface area contributed by atoms with Crippen molar-refractivity contribution >= 4 is 50.9 Å². The number of nitrogens with one attached hydrogen (secondary N) is 1. The van der Waals surface area contributed by atoms with Crippen LogP contribution in [-0.2, 0) is 26.2 Å². The molecule has 1 aliphatic heterocycles. The Morgan fingerprint density at radius 3 is 2.22 bits per heavy atom. The van der Waals surface area contributed by atoms with Crippen LogP contribution in [0.25, 0.3) is 0 Å². The van der Waals surface area contributed by atoms with Gasteiger partial charge in [0.2, 0.25) is 11.8 Å². The maximum absolute atomic E-state index is 13.5. The van der Waals surface area contributed by atoms with Crippen LogP contribution < -0.4 is 5.32 Å². The van der Waals surface area contributed by atoms with Crippen molar-refractivity contribution in [3.05, 3.63) is 63.6 Å². The van der Waals surface area contributed by atoms with E-state index in [1.807, 2.05) is 20.8 Å². The van der Waals surface area contributed by atoms with E-state index < -0.39 is 33.4 Å². The van der Waals surface area contributed by atoms with E-state index >= 15 is 0 Å². The van der Waals surface area contributed by atoms with Gasteiger partial charge in [-0.3, -0.25) is 14.4 Å². The van der Waals surface area contributed by atoms with E-state index in [1.54, 1.807) is 31.2 Å². The highest BCUT2D eigenvalue weighted by molar-refractivity contribution is 7.90. The van der Waals surface area contributed by atoms with Gasteiger partial charge >= 0.3 is 0 Å². The van der Waals surface area contributed by atoms with Gasteiger partial charge in [0.1, 0.15) is 10.9 Å². The van der Waals surface area contributed by atoms with Crippen molar-refractivity contribution in [3.8, 4) is 0 Å². The van der Waals surface area contributed by atoms with Crippen LogP contribution in [-0.4, -0.2) is 53.5 Å². The molecule has 2 aromatic rings. The molecule has 1 atom stereocenters. The van der Waals surface area contributed by atoms with Crippen LogP contribution in [0.1, 0.15) is 56.5 Å². The fourth-order valence-electron chi connectivity index (χ4n) is 4.02. The summed E-state index contributed by atoms with van der Waals surface area (Å²) in [7, 11) is -4.06. The lowest BCUT2D eigenvalue weighted by Crippen LogP contribution is -2.53. The first-order valence-corrected chi connectivity index (χ1v) is 13.7. The van der Waals surface area contributed by atoms with Gasteiger partial charge in [0.05, 0.1) is 5.56 Å². The molecule has 3 rings (SSSR count). The van der Waals surface area contributed by atoms with Crippen LogP contribution >= 0.6 is 23.2 Å². The molecule has 0 aromatic heterocycles. The summed E-state index contributed by atoms with van der Waals surface area (Å²) in [6.45, 7) is 6.84. The van der Waals surface area contributed by atoms with Crippen LogP contribution in [0.4, 0.5) is 0 Å². The predicted molar refractivity (Wildman–Crippen MR) is 138 cm³/mol. The maximum atomic E-state index is 13.5. The molecule has 11 heteroatoms. The van der Waals surface area contributed by atoms with Gasteiger partial charge in [0.15, 0.2) is 0 Å². The summed E-state index contributed by atoms with van der Waals surface area (Å²) in [4.78, 5) is 40.7. The number of halogens is 2. The molecule has 0 radical (unpaired) electrons. The molecule has 0 aliphatic carbocycles. The molecule has 2 aromatic carbocycles. The van der Waals surface area contributed by atoms with Gasteiger partial charge in [0.25, 0.3) is 15.9 Å². The lowest BCUT2D eigenvalue weighted by atomic mass is 10.1. The number of carbonyl (C=O) groups is 3. The van der Waals surface area contributed by atoms with Gasteiger partial charge in [-0.25, -0.2) is 12.7 Å². The third-order valence-electron chi connectivity index (χ3n) is 5.72. The standard InChI is InChI=1S/C25H29Cl2N3O5S/c1-5-20(23(32)28-25(2,3)4)29(15-17-18(26)10-8-11-19(17)27)22(31)13-14-30-24(33)16-9-6-7-12-21(16)36(30,34)35/h6-12,20H,5,13-15H2,1-4H3,(H,28,32). The summed E-state index contributed by atoms with van der Waals surface area (Å²) < 4.78 is 26.5. The fourth-order valence-corrected chi connectivity index (χ4v) is 6.11. The number of amides is 3. The van der Waals surface area contributed by atoms with Crippen molar-refractivity contribution in [2.75, 3.05) is 6.54 Å². The fraction of sp³-hybridized carbons (Fsp3) is 0.400. The van der Waals surface area contributed by atoms with Crippen molar-refractivity contribution in [2.24, 2.45) is 0 Å². The topological polar surface area (TPSA) is 104 Å². The van der Waals surface area contributed by atoms with E-state index in [1.165, 1.54) is 23.1 Å². The highest BCUT2D eigenvalue weighted by atomic mass is 35.5. The van der Waals surface area contributed by atoms with Gasteiger partial charge in [-0.2, -0.15) is 0 Å². The molecule has 1 heterocycles. The molecule has 1 aliphatic rings. The zero-order chi connectivity index (χ0) is 26.8. The largest absolute Gasteiger partial charge is 0.350 e. The third kappa shape index (κ3) is 5.85. The minimum absolute atomic E-state index is 0.0612. The first-order chi connectivity index (χ1) is 16.8. The number of hydrogen-bond donors (Lipinski definition) is 1. The minimum Gasteiger partial charge on any atom is -0.350 e.